The molecule has 3 rings (SSSR count). The number of pyridine rings is 1. The number of nitrogens with zero attached hydrogens (tertiary/aromatic N) is 3. The molecule has 0 aliphatic carbocycles. The Morgan fingerprint density at radius 3 is 2.78 bits per heavy atom. The molecule has 8 heteroatoms. The van der Waals surface area contributed by atoms with Crippen molar-refractivity contribution >= 4 is 11.9 Å². The predicted molar refractivity (Wildman–Crippen MR) is 80.1 cm³/mol. The fourth-order valence-electron chi connectivity index (χ4n) is 2.55. The highest BCUT2D eigenvalue weighted by molar-refractivity contribution is 5.94. The Balaban J connectivity index is 1.84. The number of carbonyl (C=O) groups excluding carboxylic acids is 2. The number of H-pyrrole nitrogens is 1. The average Bonchev–Trinajstić information content (AvgIpc) is 2.96. The third-order valence-corrected chi connectivity index (χ3v) is 3.77. The zero-order valence-electron chi connectivity index (χ0n) is 12.8. The van der Waals surface area contributed by atoms with Crippen molar-refractivity contribution in [3.63, 3.8) is 0 Å². The molecule has 0 spiro atoms. The van der Waals surface area contributed by atoms with Crippen LogP contribution in [0.15, 0.2) is 23.0 Å². The molecule has 0 unspecified atom stereocenters. The van der Waals surface area contributed by atoms with Crippen LogP contribution in [0.1, 0.15) is 32.2 Å². The molecule has 0 radical (unpaired) electrons. The molecule has 0 atom stereocenters. The predicted octanol–water partition coefficient (Wildman–Crippen LogP) is 0.322. The van der Waals surface area contributed by atoms with E-state index in [-0.39, 0.29) is 23.7 Å². The molecular formula is C15H16N4O4. The van der Waals surface area contributed by atoms with E-state index in [1.165, 1.54) is 13.2 Å². The number of nitrogens with one attached hydrogen (secondary N) is 1. The average molecular weight is 316 g/mol. The molecule has 1 N–H and O–H groups in total. The summed E-state index contributed by atoms with van der Waals surface area (Å²) in [6.07, 6.45) is 0. The van der Waals surface area contributed by atoms with Crippen molar-refractivity contribution < 1.29 is 14.3 Å². The maximum absolute atomic E-state index is 12.5. The first-order chi connectivity index (χ1) is 11.0. The van der Waals surface area contributed by atoms with E-state index >= 15 is 0 Å². The molecule has 120 valence electrons. The summed E-state index contributed by atoms with van der Waals surface area (Å²) in [5.41, 5.74) is 1.35. The summed E-state index contributed by atoms with van der Waals surface area (Å²) in [7, 11) is 1.29. The van der Waals surface area contributed by atoms with Gasteiger partial charge in [0.05, 0.1) is 25.9 Å². The van der Waals surface area contributed by atoms with Crippen LogP contribution in [0.2, 0.25) is 0 Å². The molecular weight excluding hydrogens is 300 g/mol. The quantitative estimate of drug-likeness (QED) is 0.805. The molecule has 0 saturated carbocycles. The summed E-state index contributed by atoms with van der Waals surface area (Å²) in [6, 6.07) is 4.82. The van der Waals surface area contributed by atoms with E-state index in [0.717, 1.165) is 5.69 Å². The van der Waals surface area contributed by atoms with Crippen molar-refractivity contribution in [1.29, 1.82) is 0 Å². The van der Waals surface area contributed by atoms with Gasteiger partial charge in [-0.2, -0.15) is 5.10 Å². The number of methoxy groups -OCH3 is 1. The van der Waals surface area contributed by atoms with Crippen LogP contribution in [0.25, 0.3) is 0 Å². The lowest BCUT2D eigenvalue weighted by atomic mass is 10.2. The van der Waals surface area contributed by atoms with E-state index in [2.05, 4.69) is 14.8 Å². The second-order valence-electron chi connectivity index (χ2n) is 5.35. The minimum atomic E-state index is -0.514. The number of aromatic nitrogens is 3. The van der Waals surface area contributed by atoms with E-state index in [1.54, 1.807) is 28.6 Å². The molecule has 23 heavy (non-hydrogen) atoms. The number of aryl methyl sites for hydroxylation is 1. The minimum Gasteiger partial charge on any atom is -0.464 e. The van der Waals surface area contributed by atoms with E-state index < -0.39 is 11.5 Å². The van der Waals surface area contributed by atoms with Crippen LogP contribution in [0.5, 0.6) is 0 Å². The highest BCUT2D eigenvalue weighted by atomic mass is 16.5. The Morgan fingerprint density at radius 1 is 1.30 bits per heavy atom. The molecule has 1 aliphatic heterocycles. The van der Waals surface area contributed by atoms with Gasteiger partial charge in [-0.05, 0) is 25.1 Å². The van der Waals surface area contributed by atoms with Gasteiger partial charge >= 0.3 is 5.97 Å². The molecule has 0 saturated heterocycles. The van der Waals surface area contributed by atoms with Crippen LogP contribution in [0, 0.1) is 6.92 Å². The Bertz CT molecular complexity index is 836. The van der Waals surface area contributed by atoms with Gasteiger partial charge in [-0.1, -0.05) is 0 Å². The normalized spacial score (nSPS) is 13.6. The smallest absolute Gasteiger partial charge is 0.358 e. The van der Waals surface area contributed by atoms with Gasteiger partial charge in [-0.15, -0.1) is 0 Å². The highest BCUT2D eigenvalue weighted by Crippen LogP contribution is 2.16. The highest BCUT2D eigenvalue weighted by Gasteiger charge is 2.26. The topological polar surface area (TPSA) is 97.3 Å². The van der Waals surface area contributed by atoms with Crippen molar-refractivity contribution in [1.82, 2.24) is 19.7 Å². The van der Waals surface area contributed by atoms with Crippen LogP contribution in [-0.4, -0.2) is 45.2 Å². The van der Waals surface area contributed by atoms with Crippen molar-refractivity contribution in [2.75, 3.05) is 13.7 Å². The molecule has 8 nitrogen and oxygen atoms in total. The SMILES string of the molecule is COC(=O)c1cc2n(n1)CCN(C(=O)c1ccc(C)[nH]c1=O)C2. The summed E-state index contributed by atoms with van der Waals surface area (Å²) in [5.74, 6) is -0.849. The molecule has 2 aromatic rings. The Hall–Kier alpha value is -2.90. The monoisotopic (exact) mass is 316 g/mol. The zero-order chi connectivity index (χ0) is 16.6. The van der Waals surface area contributed by atoms with Gasteiger partial charge in [0.25, 0.3) is 11.5 Å². The van der Waals surface area contributed by atoms with Gasteiger partial charge in [-0.3, -0.25) is 14.3 Å². The number of rotatable bonds is 2. The summed E-state index contributed by atoms with van der Waals surface area (Å²) >= 11 is 0. The van der Waals surface area contributed by atoms with E-state index in [4.69, 9.17) is 0 Å². The number of fused-ring (bicyclic) bond motifs is 1. The summed E-state index contributed by atoms with van der Waals surface area (Å²) in [6.45, 7) is 2.92. The summed E-state index contributed by atoms with van der Waals surface area (Å²) in [4.78, 5) is 40.2. The Labute approximate surface area is 131 Å². The maximum atomic E-state index is 12.5. The van der Waals surface area contributed by atoms with Gasteiger partial charge < -0.3 is 14.6 Å². The number of carbonyl (C=O) groups is 2. The van der Waals surface area contributed by atoms with Crippen LogP contribution in [0.4, 0.5) is 0 Å². The molecule has 0 aromatic carbocycles. The first kappa shape index (κ1) is 15.0. The Morgan fingerprint density at radius 2 is 2.09 bits per heavy atom. The first-order valence-corrected chi connectivity index (χ1v) is 7.14. The summed E-state index contributed by atoms with van der Waals surface area (Å²) < 4.78 is 6.32. The van der Waals surface area contributed by atoms with Crippen molar-refractivity contribution in [3.05, 3.63) is 51.2 Å². The van der Waals surface area contributed by atoms with Crippen LogP contribution in [-0.2, 0) is 17.8 Å². The van der Waals surface area contributed by atoms with Crippen molar-refractivity contribution in [3.8, 4) is 0 Å². The van der Waals surface area contributed by atoms with Gasteiger partial charge in [-0.25, -0.2) is 4.79 Å². The fourth-order valence-corrected chi connectivity index (χ4v) is 2.55. The lowest BCUT2D eigenvalue weighted by molar-refractivity contribution is 0.0591. The van der Waals surface area contributed by atoms with Gasteiger partial charge in [0, 0.05) is 12.2 Å². The molecule has 0 fully saturated rings. The van der Waals surface area contributed by atoms with Crippen LogP contribution < -0.4 is 5.56 Å². The molecule has 1 aliphatic rings. The third kappa shape index (κ3) is 2.75. The second kappa shape index (κ2) is 5.71. The number of amides is 1. The number of aromatic amines is 1. The number of esters is 1. The fraction of sp³-hybridized carbons (Fsp3) is 0.333. The van der Waals surface area contributed by atoms with Gasteiger partial charge in [0.1, 0.15) is 5.56 Å². The second-order valence-corrected chi connectivity index (χ2v) is 5.35. The Kier molecular flexibility index (Phi) is 3.73. The van der Waals surface area contributed by atoms with Crippen LogP contribution in [0.3, 0.4) is 0 Å². The lowest BCUT2D eigenvalue weighted by Crippen LogP contribution is -2.40. The van der Waals surface area contributed by atoms with E-state index in [0.29, 0.717) is 18.8 Å². The van der Waals surface area contributed by atoms with E-state index in [1.807, 2.05) is 0 Å². The number of ether oxygens (including phenoxy) is 1. The number of hydrogen-bond donors (Lipinski definition) is 1. The first-order valence-electron chi connectivity index (χ1n) is 7.14. The third-order valence-electron chi connectivity index (χ3n) is 3.77. The molecule has 0 bridgehead atoms. The van der Waals surface area contributed by atoms with Gasteiger partial charge in [0.2, 0.25) is 0 Å². The zero-order valence-corrected chi connectivity index (χ0v) is 12.8. The minimum absolute atomic E-state index is 0.108. The largest absolute Gasteiger partial charge is 0.464 e. The summed E-state index contributed by atoms with van der Waals surface area (Å²) in [5, 5.41) is 4.15. The van der Waals surface area contributed by atoms with Crippen LogP contribution >= 0.6 is 0 Å². The van der Waals surface area contributed by atoms with Crippen molar-refractivity contribution in [2.45, 2.75) is 20.0 Å². The standard InChI is InChI=1S/C15H16N4O4/c1-9-3-4-11(13(20)16-9)14(21)18-5-6-19-10(8-18)7-12(17-19)15(22)23-2/h3-4,7H,5-6,8H2,1-2H3,(H,16,20). The van der Waals surface area contributed by atoms with Gasteiger partial charge in [0.15, 0.2) is 5.69 Å². The lowest BCUT2D eigenvalue weighted by Gasteiger charge is -2.27. The molecule has 2 aromatic heterocycles. The number of hydrogen-bond acceptors (Lipinski definition) is 5. The van der Waals surface area contributed by atoms with Crippen molar-refractivity contribution in [2.24, 2.45) is 0 Å². The van der Waals surface area contributed by atoms with E-state index in [9.17, 15) is 14.4 Å². The molecule has 1 amide bonds. The molecule has 3 heterocycles. The maximum Gasteiger partial charge on any atom is 0.358 e.